The van der Waals surface area contributed by atoms with Crippen molar-refractivity contribution in [3.05, 3.63) is 12.7 Å². The second-order valence-electron chi connectivity index (χ2n) is 5.35. The average Bonchev–Trinajstić information content (AvgIpc) is 2.09. The molecule has 0 aromatic heterocycles. The number of hydrogen-bond donors (Lipinski definition) is 1. The van der Waals surface area contributed by atoms with Crippen molar-refractivity contribution >= 4 is 5.91 Å². The summed E-state index contributed by atoms with van der Waals surface area (Å²) in [6.07, 6.45) is 2.43. The van der Waals surface area contributed by atoms with Gasteiger partial charge < -0.3 is 22.2 Å². The molecule has 96 valence electrons. The van der Waals surface area contributed by atoms with E-state index in [1.165, 1.54) is 6.08 Å². The molecule has 1 unspecified atom stereocenters. The summed E-state index contributed by atoms with van der Waals surface area (Å²) in [5.74, 6) is 0.560. The molecule has 1 amide bonds. The Labute approximate surface area is 106 Å². The van der Waals surface area contributed by atoms with Gasteiger partial charge in [-0.25, -0.2) is 0 Å². The maximum Gasteiger partial charge on any atom is 0.243 e. The van der Waals surface area contributed by atoms with Crippen LogP contribution in [-0.2, 0) is 4.79 Å². The highest BCUT2D eigenvalue weighted by atomic mass is 35.5. The number of nitrogens with one attached hydrogen (secondary N) is 1. The maximum atomic E-state index is 11.1. The number of quaternary nitrogens is 1. The lowest BCUT2D eigenvalue weighted by atomic mass is 10.0. The van der Waals surface area contributed by atoms with Gasteiger partial charge in [-0.1, -0.05) is 20.4 Å². The Morgan fingerprint density at radius 3 is 2.19 bits per heavy atom. The molecule has 1 N–H and O–H groups in total. The van der Waals surface area contributed by atoms with E-state index in [-0.39, 0.29) is 18.3 Å². The number of hydrogen-bond acceptors (Lipinski definition) is 1. The number of nitrogens with zero attached hydrogens (tertiary/aromatic N) is 1. The minimum atomic E-state index is -0.0859. The molecule has 0 rings (SSSR count). The van der Waals surface area contributed by atoms with Gasteiger partial charge in [0.2, 0.25) is 5.91 Å². The van der Waals surface area contributed by atoms with Crippen LogP contribution in [-0.4, -0.2) is 44.1 Å². The molecule has 1 atom stereocenters. The third-order valence-electron chi connectivity index (χ3n) is 2.54. The first-order valence-corrected chi connectivity index (χ1v) is 5.48. The smallest absolute Gasteiger partial charge is 0.243 e. The Morgan fingerprint density at radius 1 is 1.38 bits per heavy atom. The van der Waals surface area contributed by atoms with Gasteiger partial charge in [0, 0.05) is 6.42 Å². The zero-order chi connectivity index (χ0) is 12.1. The van der Waals surface area contributed by atoms with Crippen molar-refractivity contribution in [2.75, 3.05) is 27.7 Å². The van der Waals surface area contributed by atoms with Crippen LogP contribution in [0.4, 0.5) is 0 Å². The van der Waals surface area contributed by atoms with Crippen molar-refractivity contribution < 1.29 is 21.7 Å². The minimum Gasteiger partial charge on any atom is -1.00 e. The van der Waals surface area contributed by atoms with Crippen molar-refractivity contribution in [1.82, 2.24) is 5.32 Å². The molecule has 0 fully saturated rings. The molecule has 0 spiro atoms. The fourth-order valence-electron chi connectivity index (χ4n) is 1.51. The minimum absolute atomic E-state index is 0. The van der Waals surface area contributed by atoms with Crippen molar-refractivity contribution in [2.24, 2.45) is 5.92 Å². The van der Waals surface area contributed by atoms with Gasteiger partial charge in [0.15, 0.2) is 0 Å². The molecule has 0 radical (unpaired) electrons. The summed E-state index contributed by atoms with van der Waals surface area (Å²) in [5, 5.41) is 2.87. The van der Waals surface area contributed by atoms with Crippen LogP contribution >= 0.6 is 0 Å². The fourth-order valence-corrected chi connectivity index (χ4v) is 1.51. The van der Waals surface area contributed by atoms with Crippen LogP contribution in [0.1, 0.15) is 20.3 Å². The number of halogens is 1. The lowest BCUT2D eigenvalue weighted by Gasteiger charge is -2.35. The number of rotatable bonds is 6. The second kappa shape index (κ2) is 7.69. The molecule has 0 saturated heterocycles. The van der Waals surface area contributed by atoms with E-state index in [0.29, 0.717) is 18.5 Å². The van der Waals surface area contributed by atoms with E-state index < -0.39 is 0 Å². The highest BCUT2D eigenvalue weighted by Gasteiger charge is 2.24. The van der Waals surface area contributed by atoms with Crippen LogP contribution in [0.3, 0.4) is 0 Å². The Kier molecular flexibility index (Phi) is 8.57. The molecule has 0 aromatic rings. The Bertz CT molecular complexity index is 222. The summed E-state index contributed by atoms with van der Waals surface area (Å²) in [5.41, 5.74) is 0. The van der Waals surface area contributed by atoms with Crippen LogP contribution < -0.4 is 17.7 Å². The molecule has 3 nitrogen and oxygen atoms in total. The summed E-state index contributed by atoms with van der Waals surface area (Å²) in [7, 11) is 6.48. The van der Waals surface area contributed by atoms with Crippen LogP contribution in [0, 0.1) is 5.92 Å². The molecule has 16 heavy (non-hydrogen) atoms. The van der Waals surface area contributed by atoms with Gasteiger partial charge in [0.25, 0.3) is 0 Å². The molecular weight excluding hydrogens is 224 g/mol. The molecule has 4 heteroatoms. The Hall–Kier alpha value is -0.540. The molecule has 0 aliphatic heterocycles. The monoisotopic (exact) mass is 248 g/mol. The molecular formula is C12H25ClN2O. The summed E-state index contributed by atoms with van der Waals surface area (Å²) in [4.78, 5) is 11.1. The molecule has 0 heterocycles. The van der Waals surface area contributed by atoms with Crippen molar-refractivity contribution in [2.45, 2.75) is 26.3 Å². The van der Waals surface area contributed by atoms with E-state index in [4.69, 9.17) is 0 Å². The van der Waals surface area contributed by atoms with E-state index >= 15 is 0 Å². The zero-order valence-electron chi connectivity index (χ0n) is 11.1. The maximum absolute atomic E-state index is 11.1. The largest absolute Gasteiger partial charge is 1.00 e. The van der Waals surface area contributed by atoms with Crippen LogP contribution in [0.2, 0.25) is 0 Å². The predicted molar refractivity (Wildman–Crippen MR) is 64.5 cm³/mol. The Morgan fingerprint density at radius 2 is 1.88 bits per heavy atom. The summed E-state index contributed by atoms with van der Waals surface area (Å²) in [6.45, 7) is 8.57. The quantitative estimate of drug-likeness (QED) is 0.446. The summed E-state index contributed by atoms with van der Waals surface area (Å²) >= 11 is 0. The third-order valence-corrected chi connectivity index (χ3v) is 2.54. The standard InChI is InChI=1S/C12H24N2O.ClH/c1-7-12(15)13-9-11(8-10(2)3)14(4,5)6;/h7,10-11H,1,8-9H2,2-6H3;1H. The van der Waals surface area contributed by atoms with E-state index in [9.17, 15) is 4.79 Å². The number of likely N-dealkylation sites (N-methyl/N-ethyl adjacent to an activating group) is 1. The normalized spacial score (nSPS) is 12.9. The number of carbonyl (C=O) groups is 1. The lowest BCUT2D eigenvalue weighted by Crippen LogP contribution is -3.00. The first kappa shape index (κ1) is 17.8. The number of amides is 1. The SMILES string of the molecule is C=CC(=O)NCC(CC(C)C)[N+](C)(C)C.[Cl-]. The van der Waals surface area contributed by atoms with Gasteiger partial charge in [-0.05, 0) is 12.0 Å². The van der Waals surface area contributed by atoms with Crippen LogP contribution in [0.15, 0.2) is 12.7 Å². The van der Waals surface area contributed by atoms with E-state index in [1.807, 2.05) is 0 Å². The van der Waals surface area contributed by atoms with Crippen molar-refractivity contribution in [1.29, 1.82) is 0 Å². The molecule has 0 bridgehead atoms. The van der Waals surface area contributed by atoms with E-state index in [0.717, 1.165) is 10.9 Å². The van der Waals surface area contributed by atoms with E-state index in [1.54, 1.807) is 0 Å². The van der Waals surface area contributed by atoms with Gasteiger partial charge in [0.05, 0.1) is 27.7 Å². The van der Waals surface area contributed by atoms with Crippen LogP contribution in [0.25, 0.3) is 0 Å². The second-order valence-corrected chi connectivity index (χ2v) is 5.35. The zero-order valence-corrected chi connectivity index (χ0v) is 11.8. The van der Waals surface area contributed by atoms with Gasteiger partial charge >= 0.3 is 0 Å². The van der Waals surface area contributed by atoms with Gasteiger partial charge in [-0.3, -0.25) is 4.79 Å². The Balaban J connectivity index is 0. The first-order chi connectivity index (χ1) is 6.77. The van der Waals surface area contributed by atoms with E-state index in [2.05, 4.69) is 46.9 Å². The molecule has 0 aromatic carbocycles. The summed E-state index contributed by atoms with van der Waals surface area (Å²) in [6, 6.07) is 0.453. The predicted octanol–water partition coefficient (Wildman–Crippen LogP) is -1.59. The molecule has 0 aliphatic carbocycles. The van der Waals surface area contributed by atoms with Gasteiger partial charge in [-0.2, -0.15) is 0 Å². The first-order valence-electron chi connectivity index (χ1n) is 5.48. The van der Waals surface area contributed by atoms with Crippen molar-refractivity contribution in [3.63, 3.8) is 0 Å². The lowest BCUT2D eigenvalue weighted by molar-refractivity contribution is -0.895. The molecule has 0 saturated carbocycles. The molecule has 0 aliphatic rings. The third kappa shape index (κ3) is 7.71. The van der Waals surface area contributed by atoms with Crippen molar-refractivity contribution in [3.8, 4) is 0 Å². The average molecular weight is 249 g/mol. The number of carbonyl (C=O) groups excluding carboxylic acids is 1. The fraction of sp³-hybridized carbons (Fsp3) is 0.750. The van der Waals surface area contributed by atoms with Crippen LogP contribution in [0.5, 0.6) is 0 Å². The van der Waals surface area contributed by atoms with Gasteiger partial charge in [-0.15, -0.1) is 0 Å². The topological polar surface area (TPSA) is 29.1 Å². The highest BCUT2D eigenvalue weighted by molar-refractivity contribution is 5.86. The van der Waals surface area contributed by atoms with Gasteiger partial charge in [0.1, 0.15) is 6.04 Å². The summed E-state index contributed by atoms with van der Waals surface area (Å²) < 4.78 is 0.871. The highest BCUT2D eigenvalue weighted by Crippen LogP contribution is 2.13.